The molecule has 232 valence electrons. The molecule has 3 aliphatic heterocycles. The molecule has 0 saturated carbocycles. The van der Waals surface area contributed by atoms with Crippen LogP contribution in [0.15, 0.2) is 71.5 Å². The summed E-state index contributed by atoms with van der Waals surface area (Å²) in [5.74, 6) is 0.387. The maximum atomic E-state index is 14.8. The Morgan fingerprint density at radius 3 is 2.76 bits per heavy atom. The average molecular weight is 611 g/mol. The number of hydrogen-bond acceptors (Lipinski definition) is 6. The zero-order chi connectivity index (χ0) is 31.5. The normalized spacial score (nSPS) is 16.5. The van der Waals surface area contributed by atoms with Gasteiger partial charge in [0.05, 0.1) is 19.1 Å². The fourth-order valence-electron chi connectivity index (χ4n) is 6.07. The van der Waals surface area contributed by atoms with E-state index in [9.17, 15) is 18.8 Å². The summed E-state index contributed by atoms with van der Waals surface area (Å²) in [5, 5.41) is 2.88. The van der Waals surface area contributed by atoms with E-state index in [1.54, 1.807) is 25.1 Å². The molecule has 0 fully saturated rings. The summed E-state index contributed by atoms with van der Waals surface area (Å²) in [7, 11) is 0. The van der Waals surface area contributed by atoms with Crippen molar-refractivity contribution in [3.8, 4) is 17.2 Å². The number of carbonyl (C=O) groups is 2. The first-order chi connectivity index (χ1) is 21.7. The van der Waals surface area contributed by atoms with Gasteiger partial charge >= 0.3 is 5.69 Å². The second-order valence-corrected chi connectivity index (χ2v) is 11.5. The van der Waals surface area contributed by atoms with E-state index in [0.29, 0.717) is 55.3 Å². The molecule has 10 heteroatoms. The molecule has 1 unspecified atom stereocenters. The number of fused-ring (bicyclic) bond motifs is 7. The predicted octanol–water partition coefficient (Wildman–Crippen LogP) is 4.80. The van der Waals surface area contributed by atoms with Crippen molar-refractivity contribution in [3.63, 3.8) is 0 Å². The van der Waals surface area contributed by atoms with Gasteiger partial charge in [0, 0.05) is 37.4 Å². The zero-order valence-corrected chi connectivity index (χ0v) is 25.3. The highest BCUT2D eigenvalue weighted by Gasteiger charge is 2.32. The molecule has 3 aromatic carbocycles. The SMILES string of the molecule is Cc1cc(C)n(CCC(=O)N2CCc3cc4ccc3C2c2cccc(c2)OCCCNC(=O)Cc2ccc(F)c(c2)O4)c(=O)n1. The van der Waals surface area contributed by atoms with Crippen molar-refractivity contribution in [1.82, 2.24) is 19.8 Å². The number of halogens is 1. The molecule has 8 bridgehead atoms. The van der Waals surface area contributed by atoms with Crippen LogP contribution in [-0.4, -0.2) is 46.0 Å². The molecule has 9 nitrogen and oxygen atoms in total. The van der Waals surface area contributed by atoms with Crippen LogP contribution in [0.3, 0.4) is 0 Å². The van der Waals surface area contributed by atoms with Crippen molar-refractivity contribution in [3.05, 3.63) is 117 Å². The highest BCUT2D eigenvalue weighted by molar-refractivity contribution is 5.79. The number of nitrogens with zero attached hydrogens (tertiary/aromatic N) is 3. The fourth-order valence-corrected chi connectivity index (χ4v) is 6.07. The molecule has 45 heavy (non-hydrogen) atoms. The van der Waals surface area contributed by atoms with Crippen molar-refractivity contribution >= 4 is 11.8 Å². The van der Waals surface area contributed by atoms with Gasteiger partial charge in [-0.3, -0.25) is 14.2 Å². The van der Waals surface area contributed by atoms with E-state index in [1.807, 2.05) is 54.3 Å². The Kier molecular flexibility index (Phi) is 8.64. The Bertz CT molecular complexity index is 1820. The summed E-state index contributed by atoms with van der Waals surface area (Å²) in [6.45, 7) is 5.11. The molecule has 0 spiro atoms. The third-order valence-corrected chi connectivity index (χ3v) is 8.23. The molecular weight excluding hydrogens is 575 g/mol. The maximum absolute atomic E-state index is 14.8. The first-order valence-electron chi connectivity index (χ1n) is 15.2. The van der Waals surface area contributed by atoms with Crippen molar-refractivity contribution in [2.45, 2.75) is 52.1 Å². The van der Waals surface area contributed by atoms with Gasteiger partial charge in [-0.1, -0.05) is 24.3 Å². The Labute approximate surface area is 260 Å². The van der Waals surface area contributed by atoms with Crippen LogP contribution in [0, 0.1) is 19.7 Å². The smallest absolute Gasteiger partial charge is 0.347 e. The van der Waals surface area contributed by atoms with Gasteiger partial charge in [0.2, 0.25) is 11.8 Å². The Morgan fingerprint density at radius 1 is 1.04 bits per heavy atom. The zero-order valence-electron chi connectivity index (χ0n) is 25.3. The van der Waals surface area contributed by atoms with Crippen LogP contribution in [0.5, 0.6) is 17.2 Å². The summed E-state index contributed by atoms with van der Waals surface area (Å²) >= 11 is 0. The van der Waals surface area contributed by atoms with Crippen LogP contribution in [0.4, 0.5) is 4.39 Å². The summed E-state index contributed by atoms with van der Waals surface area (Å²) in [6.07, 6.45) is 1.40. The van der Waals surface area contributed by atoms with Crippen LogP contribution in [-0.2, 0) is 29.0 Å². The molecule has 3 aliphatic rings. The lowest BCUT2D eigenvalue weighted by Crippen LogP contribution is -2.41. The molecule has 0 saturated heterocycles. The van der Waals surface area contributed by atoms with E-state index in [2.05, 4.69) is 10.3 Å². The minimum absolute atomic E-state index is 0.0413. The summed E-state index contributed by atoms with van der Waals surface area (Å²) in [5.41, 5.74) is 4.48. The van der Waals surface area contributed by atoms with E-state index in [1.165, 1.54) is 10.6 Å². The number of hydrogen-bond donors (Lipinski definition) is 1. The topological polar surface area (TPSA) is 103 Å². The second-order valence-electron chi connectivity index (χ2n) is 11.5. The number of aryl methyl sites for hydroxylation is 2. The summed E-state index contributed by atoms with van der Waals surface area (Å²) in [4.78, 5) is 44.8. The van der Waals surface area contributed by atoms with Gasteiger partial charge < -0.3 is 19.7 Å². The Morgan fingerprint density at radius 2 is 1.91 bits per heavy atom. The van der Waals surface area contributed by atoms with Gasteiger partial charge in [-0.05, 0) is 91.4 Å². The van der Waals surface area contributed by atoms with Crippen molar-refractivity contribution in [2.24, 2.45) is 0 Å². The van der Waals surface area contributed by atoms with E-state index in [-0.39, 0.29) is 42.6 Å². The van der Waals surface area contributed by atoms with Gasteiger partial charge in [0.15, 0.2) is 11.6 Å². The Hall–Kier alpha value is -4.99. The van der Waals surface area contributed by atoms with Crippen LogP contribution < -0.4 is 20.5 Å². The fraction of sp³-hybridized carbons (Fsp3) is 0.314. The first-order valence-corrected chi connectivity index (χ1v) is 15.2. The second kappa shape index (κ2) is 12.9. The minimum atomic E-state index is -0.524. The quantitative estimate of drug-likeness (QED) is 0.358. The average Bonchev–Trinajstić information content (AvgIpc) is 3.01. The van der Waals surface area contributed by atoms with E-state index >= 15 is 0 Å². The molecule has 4 aromatic rings. The number of rotatable bonds is 3. The lowest BCUT2D eigenvalue weighted by Gasteiger charge is -2.38. The highest BCUT2D eigenvalue weighted by Crippen LogP contribution is 2.39. The predicted molar refractivity (Wildman–Crippen MR) is 166 cm³/mol. The molecule has 0 aliphatic carbocycles. The van der Waals surface area contributed by atoms with E-state index in [4.69, 9.17) is 9.47 Å². The lowest BCUT2D eigenvalue weighted by atomic mass is 9.87. The van der Waals surface area contributed by atoms with Gasteiger partial charge in [-0.2, -0.15) is 4.98 Å². The number of benzene rings is 3. The summed E-state index contributed by atoms with van der Waals surface area (Å²) in [6, 6.07) is 19.1. The lowest BCUT2D eigenvalue weighted by molar-refractivity contribution is -0.133. The summed E-state index contributed by atoms with van der Waals surface area (Å²) < 4.78 is 28.3. The van der Waals surface area contributed by atoms with Gasteiger partial charge in [0.1, 0.15) is 11.5 Å². The van der Waals surface area contributed by atoms with Crippen molar-refractivity contribution < 1.29 is 23.5 Å². The number of aromatic nitrogens is 2. The monoisotopic (exact) mass is 610 g/mol. The van der Waals surface area contributed by atoms with Crippen molar-refractivity contribution in [1.29, 1.82) is 0 Å². The van der Waals surface area contributed by atoms with Crippen LogP contribution >= 0.6 is 0 Å². The number of nitrogens with one attached hydrogen (secondary N) is 1. The van der Waals surface area contributed by atoms with Crippen LogP contribution in [0.2, 0.25) is 0 Å². The molecule has 1 N–H and O–H groups in total. The Balaban J connectivity index is 1.35. The third-order valence-electron chi connectivity index (χ3n) is 8.23. The molecule has 7 rings (SSSR count). The highest BCUT2D eigenvalue weighted by atomic mass is 19.1. The number of carbonyl (C=O) groups excluding carboxylic acids is 2. The molecule has 4 heterocycles. The van der Waals surface area contributed by atoms with Crippen LogP contribution in [0.1, 0.15) is 52.5 Å². The third kappa shape index (κ3) is 6.74. The molecule has 0 radical (unpaired) electrons. The molecule has 2 amide bonds. The van der Waals surface area contributed by atoms with Gasteiger partial charge in [-0.15, -0.1) is 0 Å². The standard InChI is InChI=1S/C35H35FN4O5/c1-22-17-23(2)39(35(43)38-22)15-12-33(42)40-14-11-25-20-28-8-9-29(25)34(40)26-5-3-6-27(21-26)44-16-4-13-37-32(41)19-24-7-10-30(36)31(18-24)45-28/h3,5-10,17-18,20-21,34H,4,11-16,19H2,1-2H3,(H,37,41). The van der Waals surface area contributed by atoms with Gasteiger partial charge in [0.25, 0.3) is 0 Å². The van der Waals surface area contributed by atoms with E-state index in [0.717, 1.165) is 22.4 Å². The van der Waals surface area contributed by atoms with E-state index < -0.39 is 11.9 Å². The number of amides is 2. The first kappa shape index (κ1) is 30.1. The van der Waals surface area contributed by atoms with Crippen molar-refractivity contribution in [2.75, 3.05) is 19.7 Å². The molecule has 1 aromatic heterocycles. The molecule has 1 atom stereocenters. The van der Waals surface area contributed by atoms with Crippen LogP contribution in [0.25, 0.3) is 0 Å². The largest absolute Gasteiger partial charge is 0.494 e. The minimum Gasteiger partial charge on any atom is -0.494 e. The number of ether oxygens (including phenoxy) is 2. The maximum Gasteiger partial charge on any atom is 0.347 e. The molecular formula is C35H35FN4O5. The van der Waals surface area contributed by atoms with Gasteiger partial charge in [-0.25, -0.2) is 9.18 Å².